The van der Waals surface area contributed by atoms with Gasteiger partial charge in [-0.2, -0.15) is 0 Å². The van der Waals surface area contributed by atoms with Crippen molar-refractivity contribution in [2.24, 2.45) is 9.98 Å². The summed E-state index contributed by atoms with van der Waals surface area (Å²) in [5, 5.41) is 51.1. The van der Waals surface area contributed by atoms with Crippen molar-refractivity contribution in [3.63, 3.8) is 0 Å². The van der Waals surface area contributed by atoms with Crippen LogP contribution in [0.4, 0.5) is 0 Å². The van der Waals surface area contributed by atoms with Gasteiger partial charge in [0.05, 0.1) is 12.2 Å². The molecule has 12 nitrogen and oxygen atoms in total. The molecule has 12 atom stereocenters. The quantitative estimate of drug-likeness (QED) is 0.279. The normalized spacial score (nSPS) is 42.1. The van der Waals surface area contributed by atoms with E-state index in [-0.39, 0.29) is 17.0 Å². The minimum absolute atomic E-state index is 0.261. The van der Waals surface area contributed by atoms with Crippen molar-refractivity contribution in [3.8, 4) is 0 Å². The second-order valence-corrected chi connectivity index (χ2v) is 11.5. The molecule has 0 aromatic heterocycles. The zero-order valence-electron chi connectivity index (χ0n) is 21.0. The molecule has 14 heteroatoms. The van der Waals surface area contributed by atoms with Gasteiger partial charge < -0.3 is 49.5 Å². The molecule has 2 saturated heterocycles. The van der Waals surface area contributed by atoms with E-state index in [1.165, 1.54) is 30.4 Å². The first-order valence-electron chi connectivity index (χ1n) is 11.4. The maximum absolute atomic E-state index is 10.1. The number of amidine groups is 2. The van der Waals surface area contributed by atoms with Gasteiger partial charge in [-0.3, -0.25) is 9.98 Å². The van der Waals surface area contributed by atoms with Gasteiger partial charge in [0.15, 0.2) is 10.3 Å². The first-order valence-corrected chi connectivity index (χ1v) is 13.2. The number of thioether (sulfide) groups is 2. The summed E-state index contributed by atoms with van der Waals surface area (Å²) in [4.78, 5) is 12.4. The van der Waals surface area contributed by atoms with E-state index in [2.05, 4.69) is 9.98 Å². The van der Waals surface area contributed by atoms with Gasteiger partial charge in [0, 0.05) is 35.3 Å². The van der Waals surface area contributed by atoms with Crippen LogP contribution in [0.5, 0.6) is 0 Å². The summed E-state index contributed by atoms with van der Waals surface area (Å²) >= 11 is 2.87. The molecule has 0 aromatic carbocycles. The summed E-state index contributed by atoms with van der Waals surface area (Å²) in [6.45, 7) is 3.35. The Hall–Kier alpha value is -0.680. The summed E-state index contributed by atoms with van der Waals surface area (Å²) < 4.78 is 16.6. The van der Waals surface area contributed by atoms with Crippen LogP contribution in [-0.4, -0.2) is 153 Å². The van der Waals surface area contributed by atoms with Crippen molar-refractivity contribution in [2.75, 3.05) is 35.3 Å². The lowest BCUT2D eigenvalue weighted by atomic mass is 9.95. The van der Waals surface area contributed by atoms with Crippen LogP contribution in [0.3, 0.4) is 0 Å². The SMILES string of the molecule is C[C@H](O)[C@H]1O[C@@H]2SC(N(C)C)=N[C@@H]2[C@@H](O)[C@@H]1O.C[C@H](O[11CH3])[C@H]1O[C@@H]2SC(N(C)C)=N[C@@H]2[C@@H](O)[C@@H]1O. The largest absolute Gasteiger partial charge is 0.391 e. The molecule has 0 unspecified atom stereocenters. The highest BCUT2D eigenvalue weighted by Gasteiger charge is 2.51. The molecular formula is C21H38N4O8S2. The molecule has 0 aliphatic carbocycles. The molecule has 2 fully saturated rings. The van der Waals surface area contributed by atoms with Gasteiger partial charge in [-0.25, -0.2) is 0 Å². The lowest BCUT2D eigenvalue weighted by Gasteiger charge is -2.40. The summed E-state index contributed by atoms with van der Waals surface area (Å²) in [5.41, 5.74) is -0.603. The number of hydrogen-bond acceptors (Lipinski definition) is 14. The Kier molecular flexibility index (Phi) is 9.73. The van der Waals surface area contributed by atoms with Gasteiger partial charge in [-0.1, -0.05) is 23.5 Å². The summed E-state index contributed by atoms with van der Waals surface area (Å²) in [7, 11) is 9.06. The molecule has 0 bridgehead atoms. The van der Waals surface area contributed by atoms with Crippen LogP contribution in [0.15, 0.2) is 9.98 Å². The molecule has 202 valence electrons. The third kappa shape index (κ3) is 6.08. The molecule has 0 saturated carbocycles. The molecule has 0 aromatic rings. The van der Waals surface area contributed by atoms with Crippen molar-refractivity contribution in [1.29, 1.82) is 0 Å². The Bertz CT molecular complexity index is 788. The molecule has 35 heavy (non-hydrogen) atoms. The molecule has 0 radical (unpaired) electrons. The van der Waals surface area contributed by atoms with Crippen LogP contribution < -0.4 is 0 Å². The van der Waals surface area contributed by atoms with Gasteiger partial charge in [0.2, 0.25) is 0 Å². The van der Waals surface area contributed by atoms with E-state index in [4.69, 9.17) is 14.2 Å². The number of aliphatic hydroxyl groups is 5. The third-order valence-corrected chi connectivity index (χ3v) is 8.86. The molecular weight excluding hydrogens is 499 g/mol. The van der Waals surface area contributed by atoms with Crippen LogP contribution in [0.2, 0.25) is 0 Å². The van der Waals surface area contributed by atoms with Gasteiger partial charge in [0.1, 0.15) is 59.6 Å². The van der Waals surface area contributed by atoms with E-state index in [9.17, 15) is 25.5 Å². The van der Waals surface area contributed by atoms with Crippen molar-refractivity contribution >= 4 is 33.9 Å². The maximum Gasteiger partial charge on any atom is 0.161 e. The van der Waals surface area contributed by atoms with Crippen molar-refractivity contribution in [2.45, 2.75) is 85.6 Å². The monoisotopic (exact) mass is 537 g/mol. The summed E-state index contributed by atoms with van der Waals surface area (Å²) in [6, 6.07) is -0.884. The Morgan fingerprint density at radius 1 is 0.771 bits per heavy atom. The fourth-order valence-corrected chi connectivity index (χ4v) is 6.40. The highest BCUT2D eigenvalue weighted by atomic mass is 32.2. The zero-order valence-corrected chi connectivity index (χ0v) is 22.6. The van der Waals surface area contributed by atoms with Crippen molar-refractivity contribution in [1.82, 2.24) is 9.80 Å². The maximum atomic E-state index is 10.1. The van der Waals surface area contributed by atoms with Crippen molar-refractivity contribution < 1.29 is 39.7 Å². The predicted octanol–water partition coefficient (Wildman–Crippen LogP) is -1.65. The Morgan fingerprint density at radius 3 is 1.54 bits per heavy atom. The number of aliphatic imine (C=N–C) groups is 2. The Balaban J connectivity index is 0.000000196. The standard InChI is InChI=1S/C11H20N2O4S.C10H18N2O4S/c1-5(16-4)9-8(15)7(14)6-10(17-9)18-11(12-6)13(2)3;1-4(13)8-7(15)6(14)5-9(16-8)17-10(11-5)12(2)3/h5-10,14-15H,1-4H3;4-9,13-15H,1-3H3/t5-,6+,7+,8-,9+,10+;4-,5+,6+,7-,8+,9+/m00/s1/i4-1;. The molecule has 0 amide bonds. The molecule has 4 heterocycles. The average molecular weight is 538 g/mol. The molecule has 4 aliphatic heterocycles. The van der Waals surface area contributed by atoms with E-state index in [1.54, 1.807) is 7.11 Å². The number of hydrogen-bond donors (Lipinski definition) is 5. The fraction of sp³-hybridized carbons (Fsp3) is 0.905. The number of ether oxygens (including phenoxy) is 3. The third-order valence-electron chi connectivity index (χ3n) is 6.25. The Morgan fingerprint density at radius 2 is 1.17 bits per heavy atom. The number of aliphatic hydroxyl groups excluding tert-OH is 5. The van der Waals surface area contributed by atoms with Gasteiger partial charge >= 0.3 is 0 Å². The minimum atomic E-state index is -1.11. The highest BCUT2D eigenvalue weighted by molar-refractivity contribution is 8.14. The van der Waals surface area contributed by atoms with E-state index in [1.807, 2.05) is 44.9 Å². The van der Waals surface area contributed by atoms with E-state index in [0.717, 1.165) is 10.3 Å². The van der Waals surface area contributed by atoms with Gasteiger partial charge in [-0.15, -0.1) is 0 Å². The topological polar surface area (TPSA) is 160 Å². The lowest BCUT2D eigenvalue weighted by molar-refractivity contribution is -0.186. The molecule has 4 rings (SSSR count). The second kappa shape index (κ2) is 11.8. The first kappa shape index (κ1) is 28.9. The summed E-state index contributed by atoms with van der Waals surface area (Å²) in [6.07, 6.45) is -6.42. The van der Waals surface area contributed by atoms with Crippen LogP contribution in [-0.2, 0) is 14.2 Å². The number of fused-ring (bicyclic) bond motifs is 2. The highest BCUT2D eigenvalue weighted by Crippen LogP contribution is 2.39. The molecule has 4 aliphatic rings. The van der Waals surface area contributed by atoms with E-state index in [0.29, 0.717) is 0 Å². The smallest absolute Gasteiger partial charge is 0.161 e. The average Bonchev–Trinajstić information content (AvgIpc) is 3.43. The molecule has 5 N–H and O–H groups in total. The summed E-state index contributed by atoms with van der Waals surface area (Å²) in [5.74, 6) is 0. The van der Waals surface area contributed by atoms with Gasteiger partial charge in [0.25, 0.3) is 0 Å². The van der Waals surface area contributed by atoms with Crippen LogP contribution in [0.1, 0.15) is 13.8 Å². The first-order chi connectivity index (χ1) is 16.4. The van der Waals surface area contributed by atoms with Gasteiger partial charge in [-0.05, 0) is 13.8 Å². The predicted molar refractivity (Wildman–Crippen MR) is 135 cm³/mol. The Labute approximate surface area is 214 Å². The fourth-order valence-electron chi connectivity index (χ4n) is 4.10. The van der Waals surface area contributed by atoms with Crippen LogP contribution >= 0.6 is 23.5 Å². The second-order valence-electron chi connectivity index (χ2n) is 9.41. The van der Waals surface area contributed by atoms with Crippen molar-refractivity contribution in [3.05, 3.63) is 0 Å². The van der Waals surface area contributed by atoms with E-state index >= 15 is 0 Å². The van der Waals surface area contributed by atoms with Crippen LogP contribution in [0.25, 0.3) is 0 Å². The number of methoxy groups -OCH3 is 1. The number of rotatable bonds is 3. The zero-order chi connectivity index (χ0) is 26.2. The minimum Gasteiger partial charge on any atom is -0.391 e. The van der Waals surface area contributed by atoms with E-state index < -0.39 is 54.8 Å². The van der Waals surface area contributed by atoms with Crippen LogP contribution in [0, 0.1) is 0 Å². The lowest BCUT2D eigenvalue weighted by Crippen LogP contribution is -2.58. The molecule has 0 spiro atoms. The number of nitrogens with zero attached hydrogens (tertiary/aromatic N) is 4.